The van der Waals surface area contributed by atoms with E-state index >= 15 is 0 Å². The van der Waals surface area contributed by atoms with Gasteiger partial charge < -0.3 is 0 Å². The van der Waals surface area contributed by atoms with E-state index in [-0.39, 0.29) is 11.1 Å². The Bertz CT molecular complexity index is 852. The van der Waals surface area contributed by atoms with Crippen LogP contribution in [0.25, 0.3) is 11.1 Å². The smallest absolute Gasteiger partial charge is 0.194 e. The van der Waals surface area contributed by atoms with E-state index in [1.54, 1.807) is 6.07 Å². The maximum Gasteiger partial charge on any atom is 0.194 e. The molecule has 2 aromatic rings. The third kappa shape index (κ3) is 4.73. The van der Waals surface area contributed by atoms with Gasteiger partial charge in [-0.3, -0.25) is 0 Å². The molecule has 2 aliphatic carbocycles. The molecule has 4 rings (SSSR count). The van der Waals surface area contributed by atoms with Gasteiger partial charge in [-0.2, -0.15) is 0 Å². The molecule has 0 radical (unpaired) electrons. The van der Waals surface area contributed by atoms with Gasteiger partial charge in [-0.15, -0.1) is 0 Å². The van der Waals surface area contributed by atoms with Gasteiger partial charge in [0.05, 0.1) is 0 Å². The van der Waals surface area contributed by atoms with Gasteiger partial charge in [0.2, 0.25) is 0 Å². The van der Waals surface area contributed by atoms with Crippen LogP contribution < -0.4 is 0 Å². The average molecular weight is 419 g/mol. The SMILES string of the molecule is CC1CCC(CC2CCC(c3ccc(-c4cc(F)c(F)c(F)c4)c(F)c3)CC2)CC1. The van der Waals surface area contributed by atoms with E-state index in [1.807, 2.05) is 6.07 Å². The van der Waals surface area contributed by atoms with Crippen LogP contribution in [0.3, 0.4) is 0 Å². The monoisotopic (exact) mass is 418 g/mol. The zero-order valence-electron chi connectivity index (χ0n) is 17.6. The zero-order chi connectivity index (χ0) is 21.3. The first kappa shape index (κ1) is 21.4. The van der Waals surface area contributed by atoms with Crippen LogP contribution in [0.2, 0.25) is 0 Å². The van der Waals surface area contributed by atoms with Crippen LogP contribution >= 0.6 is 0 Å². The van der Waals surface area contributed by atoms with Gasteiger partial charge >= 0.3 is 0 Å². The summed E-state index contributed by atoms with van der Waals surface area (Å²) in [5, 5.41) is 0. The molecule has 0 heterocycles. The summed E-state index contributed by atoms with van der Waals surface area (Å²) in [6, 6.07) is 6.58. The summed E-state index contributed by atoms with van der Waals surface area (Å²) < 4.78 is 54.9. The van der Waals surface area contributed by atoms with Gasteiger partial charge in [0.15, 0.2) is 17.5 Å². The van der Waals surface area contributed by atoms with Crippen molar-refractivity contribution in [2.75, 3.05) is 0 Å². The second kappa shape index (κ2) is 9.11. The molecule has 0 aromatic heterocycles. The van der Waals surface area contributed by atoms with E-state index in [2.05, 4.69) is 6.92 Å². The summed E-state index contributed by atoms with van der Waals surface area (Å²) in [4.78, 5) is 0. The summed E-state index contributed by atoms with van der Waals surface area (Å²) in [6.07, 6.45) is 11.3. The summed E-state index contributed by atoms with van der Waals surface area (Å²) in [5.41, 5.74) is 1.06. The molecule has 2 fully saturated rings. The van der Waals surface area contributed by atoms with Gasteiger partial charge in [-0.25, -0.2) is 17.6 Å². The molecule has 0 N–H and O–H groups in total. The summed E-state index contributed by atoms with van der Waals surface area (Å²) in [7, 11) is 0. The molecule has 0 amide bonds. The van der Waals surface area contributed by atoms with Crippen molar-refractivity contribution in [2.45, 2.75) is 70.6 Å². The van der Waals surface area contributed by atoms with Crippen LogP contribution in [0, 0.1) is 41.0 Å². The Morgan fingerprint density at radius 3 is 1.83 bits per heavy atom. The molecule has 2 aliphatic rings. The van der Waals surface area contributed by atoms with Crippen LogP contribution in [0.4, 0.5) is 17.6 Å². The highest BCUT2D eigenvalue weighted by Crippen LogP contribution is 2.41. The number of hydrogen-bond acceptors (Lipinski definition) is 0. The molecule has 2 saturated carbocycles. The second-order valence-corrected chi connectivity index (χ2v) is 9.57. The van der Waals surface area contributed by atoms with E-state index in [1.165, 1.54) is 51.0 Å². The van der Waals surface area contributed by atoms with Crippen LogP contribution in [0.5, 0.6) is 0 Å². The standard InChI is InChI=1S/C26H30F4/c1-16-2-4-17(5-3-16)12-18-6-8-19(9-7-18)20-10-11-22(23(27)13-20)21-14-24(28)26(30)25(29)15-21/h10-11,13-19H,2-9,12H2,1H3. The fourth-order valence-corrected chi connectivity index (χ4v) is 5.50. The molecular formula is C26H30F4. The topological polar surface area (TPSA) is 0 Å². The van der Waals surface area contributed by atoms with Crippen molar-refractivity contribution in [3.8, 4) is 11.1 Å². The maximum absolute atomic E-state index is 14.7. The molecule has 4 heteroatoms. The van der Waals surface area contributed by atoms with Crippen LogP contribution in [-0.2, 0) is 0 Å². The summed E-state index contributed by atoms with van der Waals surface area (Å²) >= 11 is 0. The Kier molecular flexibility index (Phi) is 6.50. The van der Waals surface area contributed by atoms with E-state index < -0.39 is 23.3 Å². The van der Waals surface area contributed by atoms with E-state index in [0.29, 0.717) is 5.92 Å². The maximum atomic E-state index is 14.7. The third-order valence-electron chi connectivity index (χ3n) is 7.41. The van der Waals surface area contributed by atoms with Crippen LogP contribution in [0.1, 0.15) is 76.2 Å². The lowest BCUT2D eigenvalue weighted by Crippen LogP contribution is -2.19. The molecule has 0 aliphatic heterocycles. The van der Waals surface area contributed by atoms with Crippen molar-refractivity contribution in [1.29, 1.82) is 0 Å². The first-order valence-corrected chi connectivity index (χ1v) is 11.3. The van der Waals surface area contributed by atoms with Crippen LogP contribution in [0.15, 0.2) is 30.3 Å². The summed E-state index contributed by atoms with van der Waals surface area (Å²) in [5.74, 6) is -1.77. The van der Waals surface area contributed by atoms with Crippen molar-refractivity contribution in [3.05, 3.63) is 59.2 Å². The van der Waals surface area contributed by atoms with E-state index in [4.69, 9.17) is 0 Å². The van der Waals surface area contributed by atoms with E-state index in [0.717, 1.165) is 48.3 Å². The third-order valence-corrected chi connectivity index (χ3v) is 7.41. The lowest BCUT2D eigenvalue weighted by molar-refractivity contribution is 0.211. The Morgan fingerprint density at radius 2 is 1.27 bits per heavy atom. The minimum atomic E-state index is -1.53. The molecule has 2 aromatic carbocycles. The molecule has 30 heavy (non-hydrogen) atoms. The van der Waals surface area contributed by atoms with Crippen molar-refractivity contribution in [3.63, 3.8) is 0 Å². The molecule has 0 unspecified atom stereocenters. The zero-order valence-corrected chi connectivity index (χ0v) is 17.6. The molecular weight excluding hydrogens is 388 g/mol. The Labute approximate surface area is 176 Å². The molecule has 0 bridgehead atoms. The van der Waals surface area contributed by atoms with Gasteiger partial charge in [0.25, 0.3) is 0 Å². The normalized spacial score (nSPS) is 27.2. The molecule has 0 spiro atoms. The minimum absolute atomic E-state index is 0.0148. The van der Waals surface area contributed by atoms with Crippen LogP contribution in [-0.4, -0.2) is 0 Å². The van der Waals surface area contributed by atoms with Gasteiger partial charge in [-0.05, 0) is 85.1 Å². The number of halogens is 4. The highest BCUT2D eigenvalue weighted by atomic mass is 19.2. The lowest BCUT2D eigenvalue weighted by Gasteiger charge is -2.33. The Balaban J connectivity index is 1.38. The van der Waals surface area contributed by atoms with Gasteiger partial charge in [-0.1, -0.05) is 44.7 Å². The predicted molar refractivity (Wildman–Crippen MR) is 112 cm³/mol. The lowest BCUT2D eigenvalue weighted by atomic mass is 9.72. The quantitative estimate of drug-likeness (QED) is 0.345. The fraction of sp³-hybridized carbons (Fsp3) is 0.538. The first-order chi connectivity index (χ1) is 14.4. The fourth-order valence-electron chi connectivity index (χ4n) is 5.50. The number of hydrogen-bond donors (Lipinski definition) is 0. The largest absolute Gasteiger partial charge is 0.206 e. The van der Waals surface area contributed by atoms with Crippen molar-refractivity contribution < 1.29 is 17.6 Å². The van der Waals surface area contributed by atoms with Crippen molar-refractivity contribution >= 4 is 0 Å². The van der Waals surface area contributed by atoms with Gasteiger partial charge in [0, 0.05) is 5.56 Å². The molecule has 162 valence electrons. The molecule has 0 saturated heterocycles. The average Bonchev–Trinajstić information content (AvgIpc) is 2.74. The van der Waals surface area contributed by atoms with E-state index in [9.17, 15) is 17.6 Å². The molecule has 0 atom stereocenters. The highest BCUT2D eigenvalue weighted by Gasteiger charge is 2.27. The predicted octanol–water partition coefficient (Wildman–Crippen LogP) is 8.40. The first-order valence-electron chi connectivity index (χ1n) is 11.3. The Morgan fingerprint density at radius 1 is 0.700 bits per heavy atom. The molecule has 0 nitrogen and oxygen atoms in total. The van der Waals surface area contributed by atoms with Crippen molar-refractivity contribution in [1.82, 2.24) is 0 Å². The number of rotatable bonds is 4. The second-order valence-electron chi connectivity index (χ2n) is 9.57. The Hall–Kier alpha value is -1.84. The highest BCUT2D eigenvalue weighted by molar-refractivity contribution is 5.65. The minimum Gasteiger partial charge on any atom is -0.206 e. The van der Waals surface area contributed by atoms with Gasteiger partial charge in [0.1, 0.15) is 5.82 Å². The van der Waals surface area contributed by atoms with Crippen molar-refractivity contribution in [2.24, 2.45) is 17.8 Å². The number of benzene rings is 2. The summed E-state index contributed by atoms with van der Waals surface area (Å²) in [6.45, 7) is 2.36.